The Balaban J connectivity index is 1.87. The lowest BCUT2D eigenvalue weighted by Crippen LogP contribution is -2.22. The summed E-state index contributed by atoms with van der Waals surface area (Å²) in [6.07, 6.45) is 1.59. The van der Waals surface area contributed by atoms with Gasteiger partial charge in [-0.15, -0.1) is 0 Å². The van der Waals surface area contributed by atoms with Gasteiger partial charge < -0.3 is 4.42 Å². The summed E-state index contributed by atoms with van der Waals surface area (Å²) in [5.41, 5.74) is 0.946. The summed E-state index contributed by atoms with van der Waals surface area (Å²) < 4.78 is 6.70. The predicted octanol–water partition coefficient (Wildman–Crippen LogP) is 4.38. The van der Waals surface area contributed by atoms with Gasteiger partial charge in [0.05, 0.1) is 4.91 Å². The lowest BCUT2D eigenvalue weighted by Gasteiger charge is -2.00. The van der Waals surface area contributed by atoms with E-state index in [1.165, 1.54) is 7.05 Å². The molecule has 0 saturated carbocycles. The molecule has 1 aromatic heterocycles. The maximum absolute atomic E-state index is 11.8. The maximum atomic E-state index is 11.8. The average molecular weight is 364 g/mol. The van der Waals surface area contributed by atoms with Crippen LogP contribution in [-0.2, 0) is 4.79 Å². The molecule has 1 aromatic carbocycles. The number of rotatable bonds is 2. The molecule has 0 aliphatic carbocycles. The minimum Gasteiger partial charge on any atom is -0.457 e. The number of halogens is 1. The van der Waals surface area contributed by atoms with E-state index in [2.05, 4.69) is 15.9 Å². The van der Waals surface area contributed by atoms with E-state index in [0.29, 0.717) is 16.4 Å². The van der Waals surface area contributed by atoms with Crippen LogP contribution >= 0.6 is 27.7 Å². The minimum absolute atomic E-state index is 0.272. The van der Waals surface area contributed by atoms with Crippen molar-refractivity contribution in [2.45, 2.75) is 0 Å². The topological polar surface area (TPSA) is 50.5 Å². The fourth-order valence-corrected chi connectivity index (χ4v) is 2.95. The first-order valence-electron chi connectivity index (χ1n) is 6.12. The van der Waals surface area contributed by atoms with E-state index < -0.39 is 0 Å². The smallest absolute Gasteiger partial charge is 0.293 e. The monoisotopic (exact) mass is 363 g/mol. The zero-order valence-corrected chi connectivity index (χ0v) is 13.4. The van der Waals surface area contributed by atoms with Crippen LogP contribution in [0.4, 0.5) is 4.79 Å². The van der Waals surface area contributed by atoms with Crippen LogP contribution in [0, 0.1) is 0 Å². The van der Waals surface area contributed by atoms with Gasteiger partial charge in [0.1, 0.15) is 11.5 Å². The van der Waals surface area contributed by atoms with Gasteiger partial charge in [0.2, 0.25) is 0 Å². The second-order valence-corrected chi connectivity index (χ2v) is 6.36. The summed E-state index contributed by atoms with van der Waals surface area (Å²) in [5, 5.41) is -0.272. The molecule has 21 heavy (non-hydrogen) atoms. The van der Waals surface area contributed by atoms with Crippen LogP contribution in [0.5, 0.6) is 0 Å². The van der Waals surface area contributed by atoms with Crippen LogP contribution in [-0.4, -0.2) is 23.1 Å². The van der Waals surface area contributed by atoms with E-state index in [9.17, 15) is 9.59 Å². The van der Waals surface area contributed by atoms with Gasteiger partial charge in [-0.05, 0) is 36.0 Å². The molecule has 2 aromatic rings. The summed E-state index contributed by atoms with van der Waals surface area (Å²) in [6, 6.07) is 11.4. The molecule has 4 nitrogen and oxygen atoms in total. The first-order valence-corrected chi connectivity index (χ1v) is 7.73. The van der Waals surface area contributed by atoms with Crippen LogP contribution < -0.4 is 0 Å². The Morgan fingerprint density at radius 3 is 2.48 bits per heavy atom. The summed E-state index contributed by atoms with van der Waals surface area (Å²) in [4.78, 5) is 24.7. The Morgan fingerprint density at radius 2 is 1.86 bits per heavy atom. The zero-order chi connectivity index (χ0) is 15.0. The quantitative estimate of drug-likeness (QED) is 0.743. The first-order chi connectivity index (χ1) is 10.0. The van der Waals surface area contributed by atoms with Gasteiger partial charge in [0.15, 0.2) is 0 Å². The van der Waals surface area contributed by atoms with Crippen LogP contribution in [0.3, 0.4) is 0 Å². The highest BCUT2D eigenvalue weighted by molar-refractivity contribution is 9.10. The number of carbonyl (C=O) groups is 2. The molecule has 1 saturated heterocycles. The molecule has 106 valence electrons. The number of furan rings is 1. The molecule has 1 fully saturated rings. The fourth-order valence-electron chi connectivity index (χ4n) is 1.87. The fraction of sp³-hybridized carbons (Fsp3) is 0.0667. The van der Waals surface area contributed by atoms with Crippen molar-refractivity contribution in [3.05, 3.63) is 51.5 Å². The zero-order valence-electron chi connectivity index (χ0n) is 11.0. The molecule has 2 heterocycles. The van der Waals surface area contributed by atoms with Gasteiger partial charge in [-0.2, -0.15) is 0 Å². The van der Waals surface area contributed by atoms with Crippen LogP contribution in [0.25, 0.3) is 17.4 Å². The molecule has 0 unspecified atom stereocenters. The summed E-state index contributed by atoms with van der Waals surface area (Å²) in [7, 11) is 1.47. The van der Waals surface area contributed by atoms with Crippen molar-refractivity contribution in [3.63, 3.8) is 0 Å². The van der Waals surface area contributed by atoms with Crippen molar-refractivity contribution in [1.82, 2.24) is 4.90 Å². The summed E-state index contributed by atoms with van der Waals surface area (Å²) in [5.74, 6) is 0.961. The van der Waals surface area contributed by atoms with Gasteiger partial charge in [0, 0.05) is 23.2 Å². The van der Waals surface area contributed by atoms with Crippen molar-refractivity contribution >= 4 is 44.9 Å². The van der Waals surface area contributed by atoms with Gasteiger partial charge >= 0.3 is 0 Å². The predicted molar refractivity (Wildman–Crippen MR) is 85.6 cm³/mol. The molecule has 0 N–H and O–H groups in total. The highest BCUT2D eigenvalue weighted by atomic mass is 79.9. The Morgan fingerprint density at radius 1 is 1.14 bits per heavy atom. The van der Waals surface area contributed by atoms with Crippen molar-refractivity contribution in [1.29, 1.82) is 0 Å². The number of likely N-dealkylation sites (N-methyl/N-ethyl adjacent to an activating group) is 1. The van der Waals surface area contributed by atoms with E-state index in [0.717, 1.165) is 26.7 Å². The third-order valence-corrected chi connectivity index (χ3v) is 4.50. The Labute approximate surface area is 133 Å². The average Bonchev–Trinajstić information content (AvgIpc) is 3.02. The van der Waals surface area contributed by atoms with E-state index >= 15 is 0 Å². The molecule has 1 aliphatic rings. The van der Waals surface area contributed by atoms with E-state index in [1.54, 1.807) is 12.1 Å². The minimum atomic E-state index is -0.299. The summed E-state index contributed by atoms with van der Waals surface area (Å²) >= 11 is 4.30. The number of hydrogen-bond acceptors (Lipinski definition) is 4. The van der Waals surface area contributed by atoms with Gasteiger partial charge in [0.25, 0.3) is 11.1 Å². The molecule has 0 bridgehead atoms. The molecule has 1 aliphatic heterocycles. The Kier molecular flexibility index (Phi) is 3.73. The van der Waals surface area contributed by atoms with Crippen LogP contribution in [0.1, 0.15) is 5.76 Å². The molecule has 3 rings (SSSR count). The summed E-state index contributed by atoms with van der Waals surface area (Å²) in [6.45, 7) is 0. The Bertz CT molecular complexity index is 749. The molecular formula is C15H10BrNO3S. The SMILES string of the molecule is CN1C(=O)S/C(=C/c2ccc(-c3ccc(Br)cc3)o2)C1=O. The first kappa shape index (κ1) is 14.2. The van der Waals surface area contributed by atoms with Gasteiger partial charge in [-0.1, -0.05) is 28.1 Å². The van der Waals surface area contributed by atoms with Crippen molar-refractivity contribution in [3.8, 4) is 11.3 Å². The van der Waals surface area contributed by atoms with Crippen molar-refractivity contribution in [2.75, 3.05) is 7.05 Å². The number of hydrogen-bond donors (Lipinski definition) is 0. The highest BCUT2D eigenvalue weighted by Crippen LogP contribution is 2.32. The Hall–Kier alpha value is -1.79. The van der Waals surface area contributed by atoms with Crippen LogP contribution in [0.15, 0.2) is 50.2 Å². The van der Waals surface area contributed by atoms with Crippen molar-refractivity contribution < 1.29 is 14.0 Å². The molecule has 0 radical (unpaired) electrons. The standard InChI is InChI=1S/C15H10BrNO3S/c1-17-14(18)13(21-15(17)19)8-11-6-7-12(20-11)9-2-4-10(16)5-3-9/h2-8H,1H3/b13-8+. The normalized spacial score (nSPS) is 17.0. The third-order valence-electron chi connectivity index (χ3n) is 3.02. The van der Waals surface area contributed by atoms with Gasteiger partial charge in [-0.25, -0.2) is 0 Å². The number of imide groups is 1. The number of amides is 2. The molecular weight excluding hydrogens is 354 g/mol. The third kappa shape index (κ3) is 2.82. The van der Waals surface area contributed by atoms with E-state index in [1.807, 2.05) is 30.3 Å². The second kappa shape index (κ2) is 5.54. The number of nitrogens with zero attached hydrogens (tertiary/aromatic N) is 1. The maximum Gasteiger partial charge on any atom is 0.293 e. The van der Waals surface area contributed by atoms with Crippen molar-refractivity contribution in [2.24, 2.45) is 0 Å². The number of benzene rings is 1. The lowest BCUT2D eigenvalue weighted by atomic mass is 10.2. The molecule has 6 heteroatoms. The lowest BCUT2D eigenvalue weighted by molar-refractivity contribution is -0.121. The van der Waals surface area contributed by atoms with E-state index in [4.69, 9.17) is 4.42 Å². The molecule has 2 amide bonds. The number of carbonyl (C=O) groups excluding carboxylic acids is 2. The number of thioether (sulfide) groups is 1. The van der Waals surface area contributed by atoms with E-state index in [-0.39, 0.29) is 11.1 Å². The highest BCUT2D eigenvalue weighted by Gasteiger charge is 2.32. The second-order valence-electron chi connectivity index (χ2n) is 4.45. The molecule has 0 atom stereocenters. The largest absolute Gasteiger partial charge is 0.457 e. The molecule has 0 spiro atoms. The van der Waals surface area contributed by atoms with Gasteiger partial charge in [-0.3, -0.25) is 14.5 Å². The van der Waals surface area contributed by atoms with Crippen LogP contribution in [0.2, 0.25) is 0 Å².